The summed E-state index contributed by atoms with van der Waals surface area (Å²) >= 11 is 0. The third-order valence-corrected chi connectivity index (χ3v) is 3.48. The second-order valence-electron chi connectivity index (χ2n) is 4.92. The zero-order valence-electron chi connectivity index (χ0n) is 12.1. The van der Waals surface area contributed by atoms with Gasteiger partial charge in [0.25, 0.3) is 0 Å². The van der Waals surface area contributed by atoms with E-state index in [0.717, 1.165) is 6.42 Å². The fraction of sp³-hybridized carbons (Fsp3) is 0.375. The number of rotatable bonds is 5. The van der Waals surface area contributed by atoms with Crippen LogP contribution >= 0.6 is 0 Å². The number of benzene rings is 1. The van der Waals surface area contributed by atoms with Crippen molar-refractivity contribution in [2.45, 2.75) is 19.8 Å². The molecule has 1 N–H and O–H groups in total. The maximum Gasteiger partial charge on any atom is 0.411 e. The number of hydrogen-bond donors (Lipinski definition) is 1. The predicted octanol–water partition coefficient (Wildman–Crippen LogP) is 2.92. The molecule has 0 aliphatic carbocycles. The third-order valence-electron chi connectivity index (χ3n) is 3.48. The maximum absolute atomic E-state index is 11.6. The second-order valence-corrected chi connectivity index (χ2v) is 4.92. The van der Waals surface area contributed by atoms with Gasteiger partial charge in [0.05, 0.1) is 13.2 Å². The van der Waals surface area contributed by atoms with Crippen LogP contribution in [0, 0.1) is 5.92 Å². The zero-order chi connectivity index (χ0) is 15.2. The first-order chi connectivity index (χ1) is 10.1. The number of cyclic esters (lactones) is 1. The molecule has 0 saturated carbocycles. The Kier molecular flexibility index (Phi) is 4.98. The Labute approximate surface area is 123 Å². The van der Waals surface area contributed by atoms with Crippen LogP contribution in [0.1, 0.15) is 18.9 Å². The van der Waals surface area contributed by atoms with Crippen LogP contribution in [-0.4, -0.2) is 25.3 Å². The SMILES string of the molecule is C=C1C(=O)OC[C@H]1CCOC(=O)Nc1ccc(CC)cc1. The molecule has 1 saturated heterocycles. The average molecular weight is 289 g/mol. The second kappa shape index (κ2) is 6.92. The molecule has 1 amide bonds. The van der Waals surface area contributed by atoms with Crippen LogP contribution in [0.2, 0.25) is 0 Å². The van der Waals surface area contributed by atoms with Crippen molar-refractivity contribution in [2.24, 2.45) is 5.92 Å². The molecule has 0 aromatic heterocycles. The molecule has 112 valence electrons. The van der Waals surface area contributed by atoms with Crippen LogP contribution in [0.3, 0.4) is 0 Å². The molecule has 0 spiro atoms. The van der Waals surface area contributed by atoms with Crippen LogP contribution in [0.4, 0.5) is 10.5 Å². The van der Waals surface area contributed by atoms with E-state index in [1.54, 1.807) is 0 Å². The van der Waals surface area contributed by atoms with Gasteiger partial charge in [-0.15, -0.1) is 0 Å². The minimum Gasteiger partial charge on any atom is -0.462 e. The van der Waals surface area contributed by atoms with E-state index in [-0.39, 0.29) is 18.5 Å². The molecule has 1 aliphatic rings. The summed E-state index contributed by atoms with van der Waals surface area (Å²) in [6.07, 6.45) is 0.985. The number of esters is 1. The van der Waals surface area contributed by atoms with E-state index < -0.39 is 6.09 Å². The van der Waals surface area contributed by atoms with Crippen molar-refractivity contribution in [2.75, 3.05) is 18.5 Å². The van der Waals surface area contributed by atoms with Crippen molar-refractivity contribution >= 4 is 17.7 Å². The Balaban J connectivity index is 1.72. The van der Waals surface area contributed by atoms with E-state index in [1.807, 2.05) is 24.3 Å². The largest absolute Gasteiger partial charge is 0.462 e. The smallest absolute Gasteiger partial charge is 0.411 e. The summed E-state index contributed by atoms with van der Waals surface area (Å²) in [4.78, 5) is 22.8. The fourth-order valence-electron chi connectivity index (χ4n) is 2.07. The summed E-state index contributed by atoms with van der Waals surface area (Å²) in [6.45, 7) is 6.28. The minimum atomic E-state index is -0.505. The van der Waals surface area contributed by atoms with Crippen LogP contribution in [-0.2, 0) is 20.7 Å². The molecule has 1 aromatic rings. The molecule has 2 rings (SSSR count). The van der Waals surface area contributed by atoms with Crippen molar-refractivity contribution in [3.8, 4) is 0 Å². The average Bonchev–Trinajstić information content (AvgIpc) is 2.80. The summed E-state index contributed by atoms with van der Waals surface area (Å²) in [5.74, 6) is -0.422. The van der Waals surface area contributed by atoms with E-state index in [4.69, 9.17) is 9.47 Å². The van der Waals surface area contributed by atoms with Gasteiger partial charge in [-0.05, 0) is 30.5 Å². The Morgan fingerprint density at radius 1 is 1.43 bits per heavy atom. The van der Waals surface area contributed by atoms with Crippen molar-refractivity contribution in [3.63, 3.8) is 0 Å². The lowest BCUT2D eigenvalue weighted by molar-refractivity contribution is -0.135. The van der Waals surface area contributed by atoms with Crippen molar-refractivity contribution < 1.29 is 19.1 Å². The summed E-state index contributed by atoms with van der Waals surface area (Å²) in [6, 6.07) is 7.60. The lowest BCUT2D eigenvalue weighted by Crippen LogP contribution is -2.16. The Bertz CT molecular complexity index is 536. The highest BCUT2D eigenvalue weighted by Crippen LogP contribution is 2.22. The van der Waals surface area contributed by atoms with E-state index in [1.165, 1.54) is 5.56 Å². The van der Waals surface area contributed by atoms with Crippen molar-refractivity contribution in [1.82, 2.24) is 0 Å². The number of nitrogens with one attached hydrogen (secondary N) is 1. The number of carbonyl (C=O) groups excluding carboxylic acids is 2. The lowest BCUT2D eigenvalue weighted by atomic mass is 10.0. The van der Waals surface area contributed by atoms with Crippen molar-refractivity contribution in [3.05, 3.63) is 42.0 Å². The highest BCUT2D eigenvalue weighted by Gasteiger charge is 2.28. The van der Waals surface area contributed by atoms with Gasteiger partial charge in [0.1, 0.15) is 0 Å². The first kappa shape index (κ1) is 15.1. The molecule has 0 radical (unpaired) electrons. The van der Waals surface area contributed by atoms with Gasteiger partial charge in [0.2, 0.25) is 0 Å². The molecular formula is C16H19NO4. The molecule has 21 heavy (non-hydrogen) atoms. The molecule has 5 nitrogen and oxygen atoms in total. The summed E-state index contributed by atoms with van der Waals surface area (Å²) in [5.41, 5.74) is 2.36. The van der Waals surface area contributed by atoms with Gasteiger partial charge < -0.3 is 9.47 Å². The normalized spacial score (nSPS) is 17.5. The van der Waals surface area contributed by atoms with Gasteiger partial charge in [-0.2, -0.15) is 0 Å². The zero-order valence-corrected chi connectivity index (χ0v) is 12.1. The number of aryl methyl sites for hydroxylation is 1. The Hall–Kier alpha value is -2.30. The number of amides is 1. The first-order valence-electron chi connectivity index (χ1n) is 6.98. The van der Waals surface area contributed by atoms with Gasteiger partial charge >= 0.3 is 12.1 Å². The molecule has 0 bridgehead atoms. The molecule has 0 unspecified atom stereocenters. The lowest BCUT2D eigenvalue weighted by Gasteiger charge is -2.09. The Morgan fingerprint density at radius 2 is 2.14 bits per heavy atom. The van der Waals surface area contributed by atoms with E-state index in [9.17, 15) is 9.59 Å². The van der Waals surface area contributed by atoms with Crippen LogP contribution in [0.5, 0.6) is 0 Å². The molecule has 1 aromatic carbocycles. The van der Waals surface area contributed by atoms with Gasteiger partial charge in [0, 0.05) is 17.2 Å². The quantitative estimate of drug-likeness (QED) is 0.668. The third kappa shape index (κ3) is 4.08. The highest BCUT2D eigenvalue weighted by molar-refractivity contribution is 5.90. The summed E-state index contributed by atoms with van der Waals surface area (Å²) < 4.78 is 9.95. The van der Waals surface area contributed by atoms with E-state index >= 15 is 0 Å². The number of anilines is 1. The van der Waals surface area contributed by atoms with Gasteiger partial charge in [0.15, 0.2) is 0 Å². The standard InChI is InChI=1S/C16H19NO4/c1-3-12-4-6-14(7-5-12)17-16(19)20-9-8-13-10-21-15(18)11(13)2/h4-7,13H,2-3,8-10H2,1H3,(H,17,19)/t13-/m1/s1. The molecule has 5 heteroatoms. The first-order valence-corrected chi connectivity index (χ1v) is 6.98. The molecule has 1 atom stereocenters. The Morgan fingerprint density at radius 3 is 2.71 bits per heavy atom. The molecular weight excluding hydrogens is 270 g/mol. The van der Waals surface area contributed by atoms with Crippen LogP contribution in [0.15, 0.2) is 36.4 Å². The number of carbonyl (C=O) groups is 2. The number of hydrogen-bond acceptors (Lipinski definition) is 4. The highest BCUT2D eigenvalue weighted by atomic mass is 16.6. The maximum atomic E-state index is 11.6. The van der Waals surface area contributed by atoms with Gasteiger partial charge in [-0.3, -0.25) is 5.32 Å². The topological polar surface area (TPSA) is 64.6 Å². The van der Waals surface area contributed by atoms with Crippen LogP contribution in [0.25, 0.3) is 0 Å². The van der Waals surface area contributed by atoms with Gasteiger partial charge in [-0.25, -0.2) is 9.59 Å². The van der Waals surface area contributed by atoms with E-state index in [2.05, 4.69) is 18.8 Å². The molecule has 1 heterocycles. The summed E-state index contributed by atoms with van der Waals surface area (Å²) in [7, 11) is 0. The van der Waals surface area contributed by atoms with Crippen LogP contribution < -0.4 is 5.32 Å². The fourth-order valence-corrected chi connectivity index (χ4v) is 2.07. The summed E-state index contributed by atoms with van der Waals surface area (Å²) in [5, 5.41) is 2.66. The predicted molar refractivity (Wildman–Crippen MR) is 79.0 cm³/mol. The number of ether oxygens (including phenoxy) is 2. The molecule has 1 aliphatic heterocycles. The molecule has 1 fully saturated rings. The van der Waals surface area contributed by atoms with Crippen molar-refractivity contribution in [1.29, 1.82) is 0 Å². The van der Waals surface area contributed by atoms with Gasteiger partial charge in [-0.1, -0.05) is 25.6 Å². The minimum absolute atomic E-state index is 0.0610. The monoisotopic (exact) mass is 289 g/mol. The van der Waals surface area contributed by atoms with E-state index in [0.29, 0.717) is 24.3 Å².